The zero-order chi connectivity index (χ0) is 12.6. The van der Waals surface area contributed by atoms with Gasteiger partial charge >= 0.3 is 0 Å². The SMILES string of the molecule is CN1CC(N)=NC(C)(c2cccc(Br)c2)C1=O. The van der Waals surface area contributed by atoms with Gasteiger partial charge in [-0.1, -0.05) is 28.1 Å². The Labute approximate surface area is 109 Å². The minimum Gasteiger partial charge on any atom is -0.386 e. The number of hydrogen-bond acceptors (Lipinski definition) is 3. The molecule has 2 N–H and O–H groups in total. The van der Waals surface area contributed by atoms with E-state index in [-0.39, 0.29) is 5.91 Å². The monoisotopic (exact) mass is 295 g/mol. The van der Waals surface area contributed by atoms with Crippen molar-refractivity contribution in [2.75, 3.05) is 13.6 Å². The maximum absolute atomic E-state index is 12.3. The molecule has 2 rings (SSSR count). The number of rotatable bonds is 1. The van der Waals surface area contributed by atoms with Crippen LogP contribution >= 0.6 is 15.9 Å². The van der Waals surface area contributed by atoms with Crippen LogP contribution in [-0.4, -0.2) is 30.2 Å². The number of halogens is 1. The number of hydrogen-bond donors (Lipinski definition) is 1. The molecule has 1 amide bonds. The van der Waals surface area contributed by atoms with Crippen molar-refractivity contribution in [1.29, 1.82) is 0 Å². The Balaban J connectivity index is 2.54. The van der Waals surface area contributed by atoms with Gasteiger partial charge in [0, 0.05) is 11.5 Å². The highest BCUT2D eigenvalue weighted by molar-refractivity contribution is 9.10. The summed E-state index contributed by atoms with van der Waals surface area (Å²) in [5, 5.41) is 0. The van der Waals surface area contributed by atoms with Crippen LogP contribution in [-0.2, 0) is 10.3 Å². The van der Waals surface area contributed by atoms with Crippen LogP contribution in [0.4, 0.5) is 0 Å². The van der Waals surface area contributed by atoms with Crippen LogP contribution in [0.15, 0.2) is 33.7 Å². The van der Waals surface area contributed by atoms with Gasteiger partial charge in [0.2, 0.25) is 0 Å². The quantitative estimate of drug-likeness (QED) is 0.853. The Kier molecular flexibility index (Phi) is 2.95. The second kappa shape index (κ2) is 4.14. The van der Waals surface area contributed by atoms with Gasteiger partial charge in [-0.3, -0.25) is 4.79 Å². The van der Waals surface area contributed by atoms with E-state index in [4.69, 9.17) is 5.73 Å². The topological polar surface area (TPSA) is 58.7 Å². The summed E-state index contributed by atoms with van der Waals surface area (Å²) in [6, 6.07) is 7.58. The lowest BCUT2D eigenvalue weighted by Crippen LogP contribution is -2.51. The summed E-state index contributed by atoms with van der Waals surface area (Å²) in [7, 11) is 1.74. The highest BCUT2D eigenvalue weighted by atomic mass is 79.9. The van der Waals surface area contributed by atoms with Crippen molar-refractivity contribution in [3.05, 3.63) is 34.3 Å². The first-order chi connectivity index (χ1) is 7.93. The number of nitrogens with zero attached hydrogens (tertiary/aromatic N) is 2. The molecular weight excluding hydrogens is 282 g/mol. The molecule has 1 aliphatic heterocycles. The summed E-state index contributed by atoms with van der Waals surface area (Å²) >= 11 is 3.40. The Bertz CT molecular complexity index is 500. The molecular formula is C12H14BrN3O. The van der Waals surface area contributed by atoms with Crippen LogP contribution in [0.5, 0.6) is 0 Å². The Morgan fingerprint density at radius 2 is 2.24 bits per heavy atom. The highest BCUT2D eigenvalue weighted by Gasteiger charge is 2.40. The predicted octanol–water partition coefficient (Wildman–Crippen LogP) is 1.49. The number of likely N-dealkylation sites (N-methyl/N-ethyl adjacent to an activating group) is 1. The van der Waals surface area contributed by atoms with Crippen molar-refractivity contribution in [3.63, 3.8) is 0 Å². The number of carbonyl (C=O) groups excluding carboxylic acids is 1. The van der Waals surface area contributed by atoms with E-state index >= 15 is 0 Å². The number of amidine groups is 1. The van der Waals surface area contributed by atoms with Crippen LogP contribution < -0.4 is 5.73 Å². The maximum atomic E-state index is 12.3. The lowest BCUT2D eigenvalue weighted by atomic mass is 9.90. The van der Waals surface area contributed by atoms with E-state index in [0.717, 1.165) is 10.0 Å². The number of aliphatic imine (C=N–C) groups is 1. The zero-order valence-corrected chi connectivity index (χ0v) is 11.4. The van der Waals surface area contributed by atoms with Gasteiger partial charge < -0.3 is 10.6 Å². The predicted molar refractivity (Wildman–Crippen MR) is 70.8 cm³/mol. The fourth-order valence-electron chi connectivity index (χ4n) is 2.04. The van der Waals surface area contributed by atoms with Gasteiger partial charge in [-0.15, -0.1) is 0 Å². The molecule has 1 aromatic carbocycles. The van der Waals surface area contributed by atoms with Crippen LogP contribution in [0.2, 0.25) is 0 Å². The van der Waals surface area contributed by atoms with Crippen molar-refractivity contribution in [2.24, 2.45) is 10.7 Å². The first kappa shape index (κ1) is 12.1. The second-order valence-electron chi connectivity index (χ2n) is 4.35. The van der Waals surface area contributed by atoms with Crippen molar-refractivity contribution in [3.8, 4) is 0 Å². The molecule has 1 unspecified atom stereocenters. The van der Waals surface area contributed by atoms with E-state index in [2.05, 4.69) is 20.9 Å². The Hall–Kier alpha value is -1.36. The fourth-order valence-corrected chi connectivity index (χ4v) is 2.44. The van der Waals surface area contributed by atoms with Gasteiger partial charge in [0.25, 0.3) is 5.91 Å². The third kappa shape index (κ3) is 2.07. The van der Waals surface area contributed by atoms with Gasteiger partial charge in [0.15, 0.2) is 5.54 Å². The second-order valence-corrected chi connectivity index (χ2v) is 5.26. The van der Waals surface area contributed by atoms with Gasteiger partial charge in [0.05, 0.1) is 6.54 Å². The molecule has 0 saturated heterocycles. The molecule has 5 heteroatoms. The summed E-state index contributed by atoms with van der Waals surface area (Å²) < 4.78 is 0.922. The standard InChI is InChI=1S/C12H14BrN3O/c1-12(8-4-3-5-9(13)6-8)11(17)16(2)7-10(14)15-12/h3-6H,7H2,1-2H3,(H2,14,15). The average Bonchev–Trinajstić information content (AvgIpc) is 2.26. The number of carbonyl (C=O) groups is 1. The van der Waals surface area contributed by atoms with Crippen molar-refractivity contribution >= 4 is 27.7 Å². The normalized spacial score (nSPS) is 24.8. The smallest absolute Gasteiger partial charge is 0.255 e. The highest BCUT2D eigenvalue weighted by Crippen LogP contribution is 2.31. The number of amides is 1. The molecule has 1 aromatic rings. The average molecular weight is 296 g/mol. The molecule has 4 nitrogen and oxygen atoms in total. The van der Waals surface area contributed by atoms with E-state index in [0.29, 0.717) is 12.4 Å². The van der Waals surface area contributed by atoms with Gasteiger partial charge in [-0.05, 0) is 24.6 Å². The third-order valence-corrected chi connectivity index (χ3v) is 3.41. The molecule has 0 aliphatic carbocycles. The largest absolute Gasteiger partial charge is 0.386 e. The van der Waals surface area contributed by atoms with Crippen LogP contribution in [0.3, 0.4) is 0 Å². The lowest BCUT2D eigenvalue weighted by molar-refractivity contribution is -0.135. The van der Waals surface area contributed by atoms with Crippen molar-refractivity contribution < 1.29 is 4.79 Å². The molecule has 1 heterocycles. The Morgan fingerprint density at radius 3 is 2.88 bits per heavy atom. The number of nitrogens with two attached hydrogens (primary N) is 1. The van der Waals surface area contributed by atoms with Gasteiger partial charge in [-0.25, -0.2) is 4.99 Å². The molecule has 0 fully saturated rings. The zero-order valence-electron chi connectivity index (χ0n) is 9.77. The van der Waals surface area contributed by atoms with Crippen LogP contribution in [0, 0.1) is 0 Å². The van der Waals surface area contributed by atoms with E-state index in [1.165, 1.54) is 0 Å². The minimum atomic E-state index is -0.916. The van der Waals surface area contributed by atoms with Gasteiger partial charge in [0.1, 0.15) is 5.84 Å². The maximum Gasteiger partial charge on any atom is 0.255 e. The van der Waals surface area contributed by atoms with E-state index in [1.54, 1.807) is 18.9 Å². The van der Waals surface area contributed by atoms with Crippen molar-refractivity contribution in [1.82, 2.24) is 4.90 Å². The van der Waals surface area contributed by atoms with Gasteiger partial charge in [-0.2, -0.15) is 0 Å². The first-order valence-corrected chi connectivity index (χ1v) is 6.08. The van der Waals surface area contributed by atoms with Crippen LogP contribution in [0.25, 0.3) is 0 Å². The third-order valence-electron chi connectivity index (χ3n) is 2.92. The van der Waals surface area contributed by atoms with E-state index < -0.39 is 5.54 Å². The molecule has 1 atom stereocenters. The van der Waals surface area contributed by atoms with Crippen molar-refractivity contribution in [2.45, 2.75) is 12.5 Å². The molecule has 0 radical (unpaired) electrons. The Morgan fingerprint density at radius 1 is 1.53 bits per heavy atom. The summed E-state index contributed by atoms with van der Waals surface area (Å²) in [4.78, 5) is 18.2. The summed E-state index contributed by atoms with van der Waals surface area (Å²) in [6.45, 7) is 2.18. The van der Waals surface area contributed by atoms with Crippen LogP contribution in [0.1, 0.15) is 12.5 Å². The minimum absolute atomic E-state index is 0.0372. The molecule has 0 spiro atoms. The van der Waals surface area contributed by atoms with E-state index in [1.807, 2.05) is 24.3 Å². The number of benzene rings is 1. The fraction of sp³-hybridized carbons (Fsp3) is 0.333. The molecule has 1 aliphatic rings. The summed E-state index contributed by atoms with van der Waals surface area (Å²) in [5.74, 6) is 0.444. The summed E-state index contributed by atoms with van der Waals surface area (Å²) in [6.07, 6.45) is 0. The molecule has 90 valence electrons. The molecule has 17 heavy (non-hydrogen) atoms. The molecule has 0 bridgehead atoms. The lowest BCUT2D eigenvalue weighted by Gasteiger charge is -2.34. The molecule has 0 aromatic heterocycles. The molecule has 0 saturated carbocycles. The summed E-state index contributed by atoms with van der Waals surface area (Å²) in [5.41, 5.74) is 5.71. The first-order valence-electron chi connectivity index (χ1n) is 5.29. The van der Waals surface area contributed by atoms with E-state index in [9.17, 15) is 4.79 Å².